The number of hydrogen-bond acceptors (Lipinski definition) is 2. The molecule has 0 N–H and O–H groups in total. The second kappa shape index (κ2) is 6.96. The number of Topliss-reactive ketones (excluding diaryl/α,β-unsaturated/α-hetero) is 1. The molecule has 1 fully saturated rings. The van der Waals surface area contributed by atoms with Crippen LogP contribution in [0.4, 0.5) is 0 Å². The van der Waals surface area contributed by atoms with Crippen molar-refractivity contribution >= 4 is 14.1 Å². The molecule has 2 nitrogen and oxygen atoms in total. The number of carbonyl (C=O) groups excluding carboxylic acids is 1. The molecule has 0 bridgehead atoms. The Kier molecular flexibility index (Phi) is 5.72. The van der Waals surface area contributed by atoms with E-state index >= 15 is 0 Å². The first-order valence-electron chi connectivity index (χ1n) is 9.73. The van der Waals surface area contributed by atoms with Crippen LogP contribution < -0.4 is 0 Å². The average molecular weight is 349 g/mol. The lowest BCUT2D eigenvalue weighted by molar-refractivity contribution is -0.126. The molecule has 0 amide bonds. The molecular weight excluding hydrogens is 312 g/mol. The van der Waals surface area contributed by atoms with Crippen molar-refractivity contribution in [1.82, 2.24) is 0 Å². The van der Waals surface area contributed by atoms with Gasteiger partial charge in [-0.25, -0.2) is 0 Å². The minimum atomic E-state index is -2.02. The van der Waals surface area contributed by atoms with Crippen molar-refractivity contribution in [3.8, 4) is 11.8 Å². The number of carbonyl (C=O) groups is 1. The molecule has 0 radical (unpaired) electrons. The fourth-order valence-electron chi connectivity index (χ4n) is 5.27. The van der Waals surface area contributed by atoms with E-state index in [0.29, 0.717) is 28.8 Å². The van der Waals surface area contributed by atoms with Crippen LogP contribution in [-0.4, -0.2) is 20.2 Å². The largest absolute Gasteiger partial charge is 0.412 e. The summed E-state index contributed by atoms with van der Waals surface area (Å²) < 4.78 is 7.18. The third kappa shape index (κ3) is 3.25. The van der Waals surface area contributed by atoms with Gasteiger partial charge in [0.15, 0.2) is 0 Å². The maximum Gasteiger partial charge on any atom is 0.200 e. The van der Waals surface area contributed by atoms with E-state index in [1.165, 1.54) is 0 Å². The molecule has 1 saturated carbocycles. The van der Waals surface area contributed by atoms with Crippen LogP contribution in [-0.2, 0) is 9.22 Å². The van der Waals surface area contributed by atoms with Gasteiger partial charge in [-0.05, 0) is 23.0 Å². The average Bonchev–Trinajstić information content (AvgIpc) is 2.73. The maximum atomic E-state index is 12.7. The normalized spacial score (nSPS) is 29.6. The Morgan fingerprint density at radius 2 is 1.62 bits per heavy atom. The molecule has 0 spiro atoms. The summed E-state index contributed by atoms with van der Waals surface area (Å²) in [5, 5.41) is 0. The van der Waals surface area contributed by atoms with Gasteiger partial charge in [0.1, 0.15) is 5.78 Å². The number of hydrogen-bond donors (Lipinski definition) is 0. The molecule has 3 atom stereocenters. The molecule has 0 aromatic rings. The first-order chi connectivity index (χ1) is 11.0. The molecule has 0 saturated heterocycles. The van der Waals surface area contributed by atoms with Crippen LogP contribution in [0.15, 0.2) is 0 Å². The zero-order valence-corrected chi connectivity index (χ0v) is 17.9. The molecule has 0 aromatic carbocycles. The summed E-state index contributed by atoms with van der Waals surface area (Å²) in [5.74, 6) is 7.34. The Morgan fingerprint density at radius 3 is 2.12 bits per heavy atom. The fraction of sp³-hybridized carbons (Fsp3) is 0.857. The summed E-state index contributed by atoms with van der Waals surface area (Å²) in [6, 6.07) is 0. The van der Waals surface area contributed by atoms with E-state index in [0.717, 1.165) is 12.8 Å². The number of ketones is 1. The molecular formula is C21H36O2Si. The highest BCUT2D eigenvalue weighted by atomic mass is 28.4. The van der Waals surface area contributed by atoms with Gasteiger partial charge in [-0.3, -0.25) is 4.79 Å². The quantitative estimate of drug-likeness (QED) is 0.479. The van der Waals surface area contributed by atoms with Crippen LogP contribution in [0.25, 0.3) is 0 Å². The molecule has 136 valence electrons. The predicted molar refractivity (Wildman–Crippen MR) is 103 cm³/mol. The van der Waals surface area contributed by atoms with Crippen molar-refractivity contribution < 1.29 is 9.22 Å². The van der Waals surface area contributed by atoms with Crippen LogP contribution >= 0.6 is 0 Å². The number of fused-ring (bicyclic) bond motifs is 1. The Labute approximate surface area is 150 Å². The fourth-order valence-corrected chi connectivity index (χ4v) is 11.0. The van der Waals surface area contributed by atoms with Crippen LogP contribution in [0.3, 0.4) is 0 Å². The lowest BCUT2D eigenvalue weighted by Gasteiger charge is -2.49. The molecule has 2 rings (SSSR count). The zero-order chi connectivity index (χ0) is 18.3. The summed E-state index contributed by atoms with van der Waals surface area (Å²) in [7, 11) is -2.02. The molecule has 24 heavy (non-hydrogen) atoms. The van der Waals surface area contributed by atoms with Crippen LogP contribution in [0.5, 0.6) is 0 Å². The van der Waals surface area contributed by atoms with Crippen LogP contribution in [0.1, 0.15) is 74.7 Å². The molecule has 3 heteroatoms. The van der Waals surface area contributed by atoms with Crippen molar-refractivity contribution in [3.05, 3.63) is 0 Å². The Balaban J connectivity index is 2.47. The van der Waals surface area contributed by atoms with Crippen molar-refractivity contribution in [3.63, 3.8) is 0 Å². The molecule has 0 aromatic heterocycles. The van der Waals surface area contributed by atoms with Gasteiger partial charge in [-0.2, -0.15) is 0 Å². The standard InChI is InChI=1S/C21H36O2Si/c1-14(2)24(15(3)4,16(5)6)23-20-19-17(11-12-18(19)22)10-9-13-21(20,7)8/h14-17,19-20H,11-13H2,1-8H3/t17-,19-,20-/m1/s1. The van der Waals surface area contributed by atoms with Gasteiger partial charge in [-0.15, -0.1) is 5.92 Å². The first-order valence-corrected chi connectivity index (χ1v) is 11.9. The SMILES string of the molecule is CC(C)[Si](O[C@@H]1[C@H]2C(=O)CC[C@H]2C#CCC1(C)C)(C(C)C)C(C)C. The van der Waals surface area contributed by atoms with Crippen molar-refractivity contribution in [1.29, 1.82) is 0 Å². The van der Waals surface area contributed by atoms with Gasteiger partial charge >= 0.3 is 0 Å². The highest BCUT2D eigenvalue weighted by molar-refractivity contribution is 6.77. The molecule has 2 aliphatic carbocycles. The van der Waals surface area contributed by atoms with Gasteiger partial charge in [0.2, 0.25) is 8.32 Å². The lowest BCUT2D eigenvalue weighted by Crippen LogP contribution is -2.55. The highest BCUT2D eigenvalue weighted by Crippen LogP contribution is 2.49. The molecule has 2 aliphatic rings. The van der Waals surface area contributed by atoms with Gasteiger partial charge in [0, 0.05) is 24.2 Å². The van der Waals surface area contributed by atoms with Crippen LogP contribution in [0.2, 0.25) is 16.6 Å². The molecule has 0 heterocycles. The second-order valence-corrected chi connectivity index (χ2v) is 14.9. The van der Waals surface area contributed by atoms with E-state index in [9.17, 15) is 4.79 Å². The van der Waals surface area contributed by atoms with Crippen molar-refractivity contribution in [2.75, 3.05) is 0 Å². The van der Waals surface area contributed by atoms with Crippen molar-refractivity contribution in [2.24, 2.45) is 17.3 Å². The Bertz CT molecular complexity index is 514. The van der Waals surface area contributed by atoms with E-state index in [2.05, 4.69) is 67.2 Å². The summed E-state index contributed by atoms with van der Waals surface area (Å²) in [6.07, 6.45) is 2.43. The lowest BCUT2D eigenvalue weighted by atomic mass is 9.75. The Hall–Kier alpha value is -0.593. The van der Waals surface area contributed by atoms with Gasteiger partial charge < -0.3 is 4.43 Å². The summed E-state index contributed by atoms with van der Waals surface area (Å²) in [6.45, 7) is 18.4. The number of rotatable bonds is 5. The molecule has 0 aliphatic heterocycles. The van der Waals surface area contributed by atoms with E-state index in [1.807, 2.05) is 0 Å². The van der Waals surface area contributed by atoms with Gasteiger partial charge in [0.25, 0.3) is 0 Å². The van der Waals surface area contributed by atoms with Crippen LogP contribution in [0, 0.1) is 29.1 Å². The summed E-state index contributed by atoms with van der Waals surface area (Å²) in [5.41, 5.74) is 1.54. The van der Waals surface area contributed by atoms with Gasteiger partial charge in [0.05, 0.1) is 12.0 Å². The summed E-state index contributed by atoms with van der Waals surface area (Å²) in [4.78, 5) is 12.7. The topological polar surface area (TPSA) is 26.3 Å². The van der Waals surface area contributed by atoms with E-state index < -0.39 is 8.32 Å². The first kappa shape index (κ1) is 19.7. The van der Waals surface area contributed by atoms with E-state index in [-0.39, 0.29) is 23.4 Å². The van der Waals surface area contributed by atoms with E-state index in [4.69, 9.17) is 4.43 Å². The summed E-state index contributed by atoms with van der Waals surface area (Å²) >= 11 is 0. The zero-order valence-electron chi connectivity index (χ0n) is 16.9. The van der Waals surface area contributed by atoms with Gasteiger partial charge in [-0.1, -0.05) is 61.3 Å². The third-order valence-electron chi connectivity index (χ3n) is 6.47. The van der Waals surface area contributed by atoms with Crippen molar-refractivity contribution in [2.45, 2.75) is 97.4 Å². The van der Waals surface area contributed by atoms with E-state index in [1.54, 1.807) is 0 Å². The Morgan fingerprint density at radius 1 is 1.08 bits per heavy atom. The smallest absolute Gasteiger partial charge is 0.200 e. The molecule has 0 unspecified atom stereocenters. The minimum Gasteiger partial charge on any atom is -0.412 e. The highest BCUT2D eigenvalue weighted by Gasteiger charge is 2.54. The second-order valence-electron chi connectivity index (χ2n) is 9.48. The maximum absolute atomic E-state index is 12.7. The minimum absolute atomic E-state index is 0.00105. The third-order valence-corrected chi connectivity index (χ3v) is 12.5. The predicted octanol–water partition coefficient (Wildman–Crippen LogP) is 5.58. The monoisotopic (exact) mass is 348 g/mol.